The second-order valence-electron chi connectivity index (χ2n) is 6.30. The number of ether oxygens (including phenoxy) is 3. The largest absolute Gasteiger partial charge is 0.508 e. The van der Waals surface area contributed by atoms with Crippen molar-refractivity contribution in [3.63, 3.8) is 0 Å². The normalized spacial score (nSPS) is 24.2. The van der Waals surface area contributed by atoms with Gasteiger partial charge in [-0.15, -0.1) is 0 Å². The zero-order valence-electron chi connectivity index (χ0n) is 14.1. The van der Waals surface area contributed by atoms with Crippen molar-refractivity contribution in [3.05, 3.63) is 29.3 Å². The van der Waals surface area contributed by atoms with E-state index < -0.39 is 12.3 Å². The van der Waals surface area contributed by atoms with Gasteiger partial charge in [0, 0.05) is 25.6 Å². The third-order valence-corrected chi connectivity index (χ3v) is 4.94. The summed E-state index contributed by atoms with van der Waals surface area (Å²) in [5.74, 6) is 0.838. The van der Waals surface area contributed by atoms with E-state index in [4.69, 9.17) is 9.47 Å². The fraction of sp³-hybridized carbons (Fsp3) is 0.556. The number of likely N-dealkylation sites (tertiary alicyclic amines) is 1. The lowest BCUT2D eigenvalue weighted by atomic mass is 9.86. The molecule has 1 aromatic carbocycles. The van der Waals surface area contributed by atoms with Crippen LogP contribution in [-0.4, -0.2) is 56.3 Å². The van der Waals surface area contributed by atoms with Crippen LogP contribution in [0.25, 0.3) is 0 Å². The molecule has 0 bridgehead atoms. The zero-order valence-corrected chi connectivity index (χ0v) is 14.1. The van der Waals surface area contributed by atoms with Crippen molar-refractivity contribution in [2.45, 2.75) is 37.8 Å². The molecule has 1 fully saturated rings. The molecule has 0 radical (unpaired) electrons. The number of fused-ring (bicyclic) bond motifs is 1. The summed E-state index contributed by atoms with van der Waals surface area (Å²) < 4.78 is 14.9. The molecule has 0 aromatic heterocycles. The highest BCUT2D eigenvalue weighted by Gasteiger charge is 2.35. The van der Waals surface area contributed by atoms with Crippen molar-refractivity contribution < 1.29 is 23.8 Å². The first-order valence-corrected chi connectivity index (χ1v) is 8.28. The van der Waals surface area contributed by atoms with E-state index >= 15 is 0 Å². The summed E-state index contributed by atoms with van der Waals surface area (Å²) in [7, 11) is 2.92. The van der Waals surface area contributed by atoms with Crippen molar-refractivity contribution in [2.24, 2.45) is 0 Å². The molecule has 0 spiro atoms. The van der Waals surface area contributed by atoms with Crippen LogP contribution in [0.15, 0.2) is 18.2 Å². The summed E-state index contributed by atoms with van der Waals surface area (Å²) >= 11 is 0. The number of piperidine rings is 1. The Hall–Kier alpha value is -2.08. The summed E-state index contributed by atoms with van der Waals surface area (Å²) in [6.45, 7) is 1.15. The molecule has 1 aliphatic heterocycles. The third kappa shape index (κ3) is 3.53. The van der Waals surface area contributed by atoms with Gasteiger partial charge in [0.15, 0.2) is 11.9 Å². The molecule has 2 aliphatic rings. The van der Waals surface area contributed by atoms with Gasteiger partial charge in [0.1, 0.15) is 5.75 Å². The van der Waals surface area contributed by atoms with Crippen molar-refractivity contribution in [1.82, 2.24) is 4.90 Å². The first kappa shape index (κ1) is 16.8. The average Bonchev–Trinajstić information content (AvgIpc) is 2.62. The van der Waals surface area contributed by atoms with Crippen LogP contribution in [0, 0.1) is 0 Å². The van der Waals surface area contributed by atoms with Crippen LogP contribution >= 0.6 is 0 Å². The Labute approximate surface area is 141 Å². The molecule has 24 heavy (non-hydrogen) atoms. The molecule has 1 saturated heterocycles. The van der Waals surface area contributed by atoms with Crippen LogP contribution in [0.5, 0.6) is 5.75 Å². The number of Topliss-reactive ketones (excluding diaryl/α,β-unsaturated/α-hetero) is 1. The van der Waals surface area contributed by atoms with Gasteiger partial charge in [-0.25, -0.2) is 4.79 Å². The van der Waals surface area contributed by atoms with Crippen LogP contribution in [0.4, 0.5) is 4.79 Å². The smallest absolute Gasteiger partial charge is 0.497 e. The fourth-order valence-electron chi connectivity index (χ4n) is 3.57. The number of benzene rings is 1. The maximum atomic E-state index is 12.0. The highest BCUT2D eigenvalue weighted by molar-refractivity contribution is 5.85. The van der Waals surface area contributed by atoms with Crippen molar-refractivity contribution in [2.75, 3.05) is 27.3 Å². The Kier molecular flexibility index (Phi) is 5.04. The van der Waals surface area contributed by atoms with E-state index in [1.165, 1.54) is 18.2 Å². The van der Waals surface area contributed by atoms with E-state index in [1.807, 2.05) is 6.07 Å². The van der Waals surface area contributed by atoms with E-state index in [0.29, 0.717) is 25.6 Å². The summed E-state index contributed by atoms with van der Waals surface area (Å²) in [6, 6.07) is 6.58. The van der Waals surface area contributed by atoms with Gasteiger partial charge in [0.2, 0.25) is 0 Å². The van der Waals surface area contributed by atoms with Crippen LogP contribution < -0.4 is 4.74 Å². The molecule has 3 rings (SSSR count). The van der Waals surface area contributed by atoms with Gasteiger partial charge in [-0.1, -0.05) is 6.07 Å². The minimum atomic E-state index is -0.797. The van der Waals surface area contributed by atoms with Crippen LogP contribution in [-0.2, 0) is 27.1 Å². The number of rotatable bonds is 3. The van der Waals surface area contributed by atoms with Gasteiger partial charge in [-0.3, -0.25) is 9.69 Å². The number of ketones is 1. The van der Waals surface area contributed by atoms with Gasteiger partial charge in [-0.2, -0.15) is 0 Å². The molecular formula is C18H23NO5. The predicted octanol–water partition coefficient (Wildman–Crippen LogP) is 1.98. The lowest BCUT2D eigenvalue weighted by Crippen LogP contribution is -2.51. The quantitative estimate of drug-likeness (QED) is 0.788. The number of nitrogens with zero attached hydrogens (tertiary/aromatic N) is 1. The monoisotopic (exact) mass is 333 g/mol. The number of carbonyl (C=O) groups excluding carboxylic acids is 2. The maximum Gasteiger partial charge on any atom is 0.508 e. The van der Waals surface area contributed by atoms with Gasteiger partial charge >= 0.3 is 6.16 Å². The van der Waals surface area contributed by atoms with Gasteiger partial charge in [0.05, 0.1) is 14.2 Å². The van der Waals surface area contributed by atoms with Crippen LogP contribution in [0.3, 0.4) is 0 Å². The molecule has 1 aliphatic carbocycles. The second-order valence-corrected chi connectivity index (χ2v) is 6.30. The molecule has 1 heterocycles. The Bertz CT molecular complexity index is 630. The minimum absolute atomic E-state index is 0.0328. The first-order valence-electron chi connectivity index (χ1n) is 8.28. The molecule has 130 valence electrons. The summed E-state index contributed by atoms with van der Waals surface area (Å²) in [5.41, 5.74) is 2.66. The molecule has 1 aromatic rings. The minimum Gasteiger partial charge on any atom is -0.497 e. The molecule has 0 saturated carbocycles. The first-order chi connectivity index (χ1) is 11.6. The molecule has 2 atom stereocenters. The molecule has 2 unspecified atom stereocenters. The highest BCUT2D eigenvalue weighted by Crippen LogP contribution is 2.29. The molecule has 6 heteroatoms. The van der Waals surface area contributed by atoms with Crippen molar-refractivity contribution >= 4 is 11.9 Å². The van der Waals surface area contributed by atoms with Crippen LogP contribution in [0.1, 0.15) is 24.0 Å². The maximum absolute atomic E-state index is 12.0. The van der Waals surface area contributed by atoms with E-state index in [1.54, 1.807) is 7.11 Å². The molecule has 0 N–H and O–H groups in total. The number of carbonyl (C=O) groups is 2. The number of methoxy groups -OCH3 is 2. The number of hydrogen-bond donors (Lipinski definition) is 0. The van der Waals surface area contributed by atoms with E-state index in [0.717, 1.165) is 25.0 Å². The summed E-state index contributed by atoms with van der Waals surface area (Å²) in [6.07, 6.45) is 1.86. The summed E-state index contributed by atoms with van der Waals surface area (Å²) in [4.78, 5) is 25.6. The van der Waals surface area contributed by atoms with Crippen molar-refractivity contribution in [1.29, 1.82) is 0 Å². The SMILES string of the molecule is COC(=O)OC1CN(C2CCc3ccc(OC)cc3C2)CCC1=O. The highest BCUT2D eigenvalue weighted by atomic mass is 16.7. The van der Waals surface area contributed by atoms with E-state index in [2.05, 4.69) is 21.8 Å². The molecule has 6 nitrogen and oxygen atoms in total. The zero-order chi connectivity index (χ0) is 17.1. The molecular weight excluding hydrogens is 310 g/mol. The Balaban J connectivity index is 1.68. The average molecular weight is 333 g/mol. The Morgan fingerprint density at radius 2 is 2.04 bits per heavy atom. The Morgan fingerprint density at radius 1 is 1.21 bits per heavy atom. The van der Waals surface area contributed by atoms with E-state index in [-0.39, 0.29) is 5.78 Å². The second kappa shape index (κ2) is 7.21. The fourth-order valence-corrected chi connectivity index (χ4v) is 3.57. The third-order valence-electron chi connectivity index (χ3n) is 4.94. The van der Waals surface area contributed by atoms with Crippen molar-refractivity contribution in [3.8, 4) is 5.75 Å². The predicted molar refractivity (Wildman–Crippen MR) is 87.3 cm³/mol. The Morgan fingerprint density at radius 3 is 2.79 bits per heavy atom. The van der Waals surface area contributed by atoms with Gasteiger partial charge in [0.25, 0.3) is 0 Å². The number of hydrogen-bond acceptors (Lipinski definition) is 6. The lowest BCUT2D eigenvalue weighted by molar-refractivity contribution is -0.134. The van der Waals surface area contributed by atoms with E-state index in [9.17, 15) is 9.59 Å². The summed E-state index contributed by atoms with van der Waals surface area (Å²) in [5, 5.41) is 0. The topological polar surface area (TPSA) is 65.1 Å². The molecule has 0 amide bonds. The van der Waals surface area contributed by atoms with Crippen LogP contribution in [0.2, 0.25) is 0 Å². The van der Waals surface area contributed by atoms with Gasteiger partial charge in [-0.05, 0) is 42.5 Å². The standard InChI is InChI=1S/C18H23NO5/c1-22-15-6-4-12-3-5-14(9-13(12)10-15)19-8-7-16(20)17(11-19)24-18(21)23-2/h4,6,10,14,17H,3,5,7-9,11H2,1-2H3. The number of aryl methyl sites for hydroxylation is 1. The lowest BCUT2D eigenvalue weighted by Gasteiger charge is -2.39. The van der Waals surface area contributed by atoms with Gasteiger partial charge < -0.3 is 14.2 Å².